The average Bonchev–Trinajstić information content (AvgIpc) is 2.32. The first kappa shape index (κ1) is 11.8. The number of hydrogen-bond donors (Lipinski definition) is 1. The first-order valence-corrected chi connectivity index (χ1v) is 5.60. The summed E-state index contributed by atoms with van der Waals surface area (Å²) in [6.45, 7) is 4.55. The number of hydrogen-bond acceptors (Lipinski definition) is 3. The normalized spacial score (nSPS) is 22.5. The van der Waals surface area contributed by atoms with Crippen LogP contribution in [0.15, 0.2) is 24.3 Å². The molecule has 1 aromatic rings. The molecule has 0 saturated carbocycles. The van der Waals surface area contributed by atoms with E-state index in [4.69, 9.17) is 9.47 Å². The van der Waals surface area contributed by atoms with E-state index >= 15 is 0 Å². The van der Waals surface area contributed by atoms with Crippen molar-refractivity contribution in [1.82, 2.24) is 5.32 Å². The van der Waals surface area contributed by atoms with E-state index in [-0.39, 0.29) is 17.6 Å². The van der Waals surface area contributed by atoms with Crippen molar-refractivity contribution < 1.29 is 14.3 Å². The van der Waals surface area contributed by atoms with Gasteiger partial charge in [0.2, 0.25) is 0 Å². The molecule has 1 fully saturated rings. The number of methoxy groups -OCH3 is 1. The largest absolute Gasteiger partial charge is 0.497 e. The number of alkyl carbamates (subject to hydrolysis) is 1. The summed E-state index contributed by atoms with van der Waals surface area (Å²) in [7, 11) is 1.63. The fourth-order valence-corrected chi connectivity index (χ4v) is 2.05. The van der Waals surface area contributed by atoms with Gasteiger partial charge in [0.25, 0.3) is 0 Å². The highest BCUT2D eigenvalue weighted by molar-refractivity contribution is 5.69. The summed E-state index contributed by atoms with van der Waals surface area (Å²) in [6.07, 6.45) is -0.364. The van der Waals surface area contributed by atoms with Crippen molar-refractivity contribution in [3.05, 3.63) is 29.8 Å². The predicted molar refractivity (Wildman–Crippen MR) is 64.0 cm³/mol. The lowest BCUT2D eigenvalue weighted by Crippen LogP contribution is -2.46. The lowest BCUT2D eigenvalue weighted by Gasteiger charge is -2.38. The van der Waals surface area contributed by atoms with E-state index in [2.05, 4.69) is 19.2 Å². The van der Waals surface area contributed by atoms with Gasteiger partial charge in [-0.15, -0.1) is 0 Å². The summed E-state index contributed by atoms with van der Waals surface area (Å²) in [6, 6.07) is 7.68. The van der Waals surface area contributed by atoms with Gasteiger partial charge in [-0.25, -0.2) is 4.79 Å². The maximum Gasteiger partial charge on any atom is 0.407 e. The topological polar surface area (TPSA) is 47.6 Å². The van der Waals surface area contributed by atoms with Gasteiger partial charge in [-0.05, 0) is 17.7 Å². The first-order chi connectivity index (χ1) is 8.03. The summed E-state index contributed by atoms with van der Waals surface area (Å²) in [4.78, 5) is 11.3. The second-order valence-corrected chi connectivity index (χ2v) is 4.92. The van der Waals surface area contributed by atoms with E-state index in [0.29, 0.717) is 6.61 Å². The van der Waals surface area contributed by atoms with Crippen molar-refractivity contribution in [2.45, 2.75) is 19.9 Å². The quantitative estimate of drug-likeness (QED) is 0.856. The van der Waals surface area contributed by atoms with Crippen LogP contribution in [0.2, 0.25) is 0 Å². The minimum absolute atomic E-state index is 0.0566. The molecule has 0 aromatic heterocycles. The number of benzene rings is 1. The van der Waals surface area contributed by atoms with Gasteiger partial charge in [0, 0.05) is 5.41 Å². The highest BCUT2D eigenvalue weighted by Gasteiger charge is 2.37. The molecule has 4 heteroatoms. The Morgan fingerprint density at radius 2 is 2.24 bits per heavy atom. The van der Waals surface area contributed by atoms with Crippen LogP contribution in [0.4, 0.5) is 4.79 Å². The molecule has 1 amide bonds. The monoisotopic (exact) mass is 235 g/mol. The molecule has 1 N–H and O–H groups in total. The van der Waals surface area contributed by atoms with Gasteiger partial charge >= 0.3 is 6.09 Å². The van der Waals surface area contributed by atoms with Crippen molar-refractivity contribution >= 4 is 6.09 Å². The SMILES string of the molecule is COc1cccc([C@H]2NC(=O)OCC2(C)C)c1. The Hall–Kier alpha value is -1.71. The van der Waals surface area contributed by atoms with Crippen LogP contribution < -0.4 is 10.1 Å². The zero-order valence-electron chi connectivity index (χ0n) is 10.3. The molecule has 1 aliphatic heterocycles. The van der Waals surface area contributed by atoms with Crippen molar-refractivity contribution in [1.29, 1.82) is 0 Å². The van der Waals surface area contributed by atoms with E-state index < -0.39 is 0 Å². The molecule has 0 spiro atoms. The highest BCUT2D eigenvalue weighted by atomic mass is 16.6. The molecule has 92 valence electrons. The molecule has 1 atom stereocenters. The third kappa shape index (κ3) is 2.35. The molecule has 17 heavy (non-hydrogen) atoms. The summed E-state index contributed by atoms with van der Waals surface area (Å²) in [5, 5.41) is 2.86. The zero-order chi connectivity index (χ0) is 12.5. The molecule has 1 aromatic carbocycles. The number of ether oxygens (including phenoxy) is 2. The van der Waals surface area contributed by atoms with Crippen molar-refractivity contribution in [3.8, 4) is 5.75 Å². The third-order valence-corrected chi connectivity index (χ3v) is 3.05. The minimum atomic E-state index is -0.364. The Kier molecular flexibility index (Phi) is 2.96. The molecule has 0 unspecified atom stereocenters. The van der Waals surface area contributed by atoms with Crippen molar-refractivity contribution in [3.63, 3.8) is 0 Å². The van der Waals surface area contributed by atoms with Gasteiger partial charge in [-0.3, -0.25) is 0 Å². The van der Waals surface area contributed by atoms with E-state index in [1.165, 1.54) is 0 Å². The Morgan fingerprint density at radius 3 is 2.94 bits per heavy atom. The number of carbonyl (C=O) groups excluding carboxylic acids is 1. The molecule has 0 radical (unpaired) electrons. The maximum atomic E-state index is 11.3. The Bertz CT molecular complexity index is 428. The number of amides is 1. The number of rotatable bonds is 2. The van der Waals surface area contributed by atoms with Gasteiger partial charge < -0.3 is 14.8 Å². The van der Waals surface area contributed by atoms with Crippen molar-refractivity contribution in [2.24, 2.45) is 5.41 Å². The Labute approximate surface area is 101 Å². The Morgan fingerprint density at radius 1 is 1.47 bits per heavy atom. The van der Waals surface area contributed by atoms with Gasteiger partial charge in [0.15, 0.2) is 0 Å². The van der Waals surface area contributed by atoms with Crippen LogP contribution in [0.25, 0.3) is 0 Å². The van der Waals surface area contributed by atoms with Crippen LogP contribution in [0.3, 0.4) is 0 Å². The number of nitrogens with one attached hydrogen (secondary N) is 1. The smallest absolute Gasteiger partial charge is 0.407 e. The standard InChI is InChI=1S/C13H17NO3/c1-13(2)8-17-12(15)14-11(13)9-5-4-6-10(7-9)16-3/h4-7,11H,8H2,1-3H3,(H,14,15)/t11-/m1/s1. The molecular weight excluding hydrogens is 218 g/mol. The molecule has 4 nitrogen and oxygen atoms in total. The average molecular weight is 235 g/mol. The molecule has 1 saturated heterocycles. The molecular formula is C13H17NO3. The lowest BCUT2D eigenvalue weighted by atomic mass is 9.80. The number of cyclic esters (lactones) is 1. The summed E-state index contributed by atoms with van der Waals surface area (Å²) in [5.74, 6) is 0.791. The lowest BCUT2D eigenvalue weighted by molar-refractivity contribution is 0.0387. The number of carbonyl (C=O) groups is 1. The molecule has 2 rings (SSSR count). The van der Waals surface area contributed by atoms with Crippen LogP contribution in [-0.4, -0.2) is 19.8 Å². The fraction of sp³-hybridized carbons (Fsp3) is 0.462. The predicted octanol–water partition coefficient (Wildman–Crippen LogP) is 2.50. The van der Waals surface area contributed by atoms with Crippen LogP contribution in [0.5, 0.6) is 5.75 Å². The summed E-state index contributed by atoms with van der Waals surface area (Å²) < 4.78 is 10.2. The van der Waals surface area contributed by atoms with E-state index in [1.807, 2.05) is 24.3 Å². The van der Waals surface area contributed by atoms with Gasteiger partial charge in [-0.1, -0.05) is 26.0 Å². The van der Waals surface area contributed by atoms with Crippen LogP contribution in [-0.2, 0) is 4.74 Å². The zero-order valence-corrected chi connectivity index (χ0v) is 10.3. The van der Waals surface area contributed by atoms with Gasteiger partial charge in [0.05, 0.1) is 13.2 Å². The van der Waals surface area contributed by atoms with Crippen molar-refractivity contribution in [2.75, 3.05) is 13.7 Å². The van der Waals surface area contributed by atoms with Crippen LogP contribution in [0.1, 0.15) is 25.5 Å². The molecule has 1 heterocycles. The van der Waals surface area contributed by atoms with E-state index in [9.17, 15) is 4.79 Å². The van der Waals surface area contributed by atoms with Crippen LogP contribution >= 0.6 is 0 Å². The molecule has 0 aliphatic carbocycles. The van der Waals surface area contributed by atoms with Crippen LogP contribution in [0, 0.1) is 5.41 Å². The highest BCUT2D eigenvalue weighted by Crippen LogP contribution is 2.37. The minimum Gasteiger partial charge on any atom is -0.497 e. The second kappa shape index (κ2) is 4.28. The third-order valence-electron chi connectivity index (χ3n) is 3.05. The Balaban J connectivity index is 2.32. The summed E-state index contributed by atoms with van der Waals surface area (Å²) in [5.41, 5.74) is 0.895. The van der Waals surface area contributed by atoms with E-state index in [1.54, 1.807) is 7.11 Å². The molecule has 0 bridgehead atoms. The van der Waals surface area contributed by atoms with E-state index in [0.717, 1.165) is 11.3 Å². The maximum absolute atomic E-state index is 11.3. The molecule has 1 aliphatic rings. The summed E-state index contributed by atoms with van der Waals surface area (Å²) >= 11 is 0. The second-order valence-electron chi connectivity index (χ2n) is 4.92. The first-order valence-electron chi connectivity index (χ1n) is 5.60. The van der Waals surface area contributed by atoms with Gasteiger partial charge in [0.1, 0.15) is 12.4 Å². The van der Waals surface area contributed by atoms with Gasteiger partial charge in [-0.2, -0.15) is 0 Å². The fourth-order valence-electron chi connectivity index (χ4n) is 2.05.